The topological polar surface area (TPSA) is 86.7 Å². The summed E-state index contributed by atoms with van der Waals surface area (Å²) < 4.78 is 0. The highest BCUT2D eigenvalue weighted by atomic mass is 16.4. The highest BCUT2D eigenvalue weighted by Crippen LogP contribution is 1.87. The van der Waals surface area contributed by atoms with E-state index in [9.17, 15) is 0 Å². The van der Waals surface area contributed by atoms with Crippen LogP contribution in [0.25, 0.3) is 0 Å². The summed E-state index contributed by atoms with van der Waals surface area (Å²) in [7, 11) is 0. The van der Waals surface area contributed by atoms with Gasteiger partial charge in [0.1, 0.15) is 0 Å². The highest BCUT2D eigenvalue weighted by molar-refractivity contribution is 5.62. The van der Waals surface area contributed by atoms with E-state index < -0.39 is 5.97 Å². The predicted octanol–water partition coefficient (Wildman–Crippen LogP) is 0.868. The lowest BCUT2D eigenvalue weighted by atomic mass is 10.9. The molecule has 0 saturated heterocycles. The summed E-state index contributed by atoms with van der Waals surface area (Å²) in [5.41, 5.74) is 0. The van der Waals surface area contributed by atoms with Crippen LogP contribution in [0.1, 0.15) is 6.92 Å². The molecule has 0 aromatic rings. The summed E-state index contributed by atoms with van der Waals surface area (Å²) in [6.45, 7) is 1.50. The fourth-order valence-corrected chi connectivity index (χ4v) is 0.141. The molecule has 0 bridgehead atoms. The van der Waals surface area contributed by atoms with Crippen LogP contribution in [0.2, 0.25) is 0 Å². The summed E-state index contributed by atoms with van der Waals surface area (Å²) in [4.78, 5) is 9.00. The van der Waals surface area contributed by atoms with Crippen molar-refractivity contribution >= 4 is 5.97 Å². The van der Waals surface area contributed by atoms with Crippen LogP contribution in [0.3, 0.4) is 0 Å². The molecule has 1 N–H and O–H groups in total. The van der Waals surface area contributed by atoms with E-state index in [0.717, 1.165) is 6.92 Å². The van der Waals surface area contributed by atoms with E-state index in [1.165, 1.54) is 0 Å². The maximum Gasteiger partial charge on any atom is 0.300 e. The highest BCUT2D eigenvalue weighted by Gasteiger charge is 1.76. The van der Waals surface area contributed by atoms with Gasteiger partial charge in [0.05, 0.1) is 0 Å². The lowest BCUT2D eigenvalue weighted by Crippen LogP contribution is -1.78. The SMILES string of the molecule is C1N=NN=N1.CC(=O)O. The zero-order valence-electron chi connectivity index (χ0n) is 4.85. The van der Waals surface area contributed by atoms with Gasteiger partial charge < -0.3 is 5.11 Å². The molecule has 1 aliphatic rings. The Bertz CT molecular complexity index is 127. The molecule has 0 fully saturated rings. The van der Waals surface area contributed by atoms with Gasteiger partial charge >= 0.3 is 0 Å². The number of aliphatic carboxylic acids is 1. The average Bonchev–Trinajstić information content (AvgIpc) is 2.11. The molecule has 9 heavy (non-hydrogen) atoms. The van der Waals surface area contributed by atoms with Gasteiger partial charge in [-0.3, -0.25) is 4.79 Å². The minimum absolute atomic E-state index is 0.417. The standard InChI is InChI=1S/C2H4O2.CH2N4/c1-2(3)4;1-2-4-5-3-1/h1H3,(H,3,4);1H2. The lowest BCUT2D eigenvalue weighted by molar-refractivity contribution is -0.134. The van der Waals surface area contributed by atoms with E-state index in [-0.39, 0.29) is 0 Å². The van der Waals surface area contributed by atoms with Crippen molar-refractivity contribution in [3.05, 3.63) is 0 Å². The van der Waals surface area contributed by atoms with Crippen molar-refractivity contribution in [3.63, 3.8) is 0 Å². The molecule has 0 atom stereocenters. The quantitative estimate of drug-likeness (QED) is 0.527. The minimum Gasteiger partial charge on any atom is -0.481 e. The maximum atomic E-state index is 9.00. The molecule has 0 aliphatic carbocycles. The van der Waals surface area contributed by atoms with E-state index in [0.29, 0.717) is 6.67 Å². The number of carbonyl (C=O) groups is 1. The molecular formula is C3H6N4O2. The van der Waals surface area contributed by atoms with Crippen molar-refractivity contribution in [1.82, 2.24) is 0 Å². The third-order valence-corrected chi connectivity index (χ3v) is 0.293. The summed E-state index contributed by atoms with van der Waals surface area (Å²) in [5.74, 6) is -0.833. The Hall–Kier alpha value is -1.33. The molecule has 0 radical (unpaired) electrons. The first-order valence-corrected chi connectivity index (χ1v) is 2.16. The van der Waals surface area contributed by atoms with Crippen molar-refractivity contribution < 1.29 is 9.90 Å². The van der Waals surface area contributed by atoms with Crippen LogP contribution in [-0.2, 0) is 4.79 Å². The molecular weight excluding hydrogens is 124 g/mol. The van der Waals surface area contributed by atoms with Gasteiger partial charge in [-0.1, -0.05) is 0 Å². The predicted molar refractivity (Wildman–Crippen MR) is 27.9 cm³/mol. The Labute approximate surface area is 51.3 Å². The fourth-order valence-electron chi connectivity index (χ4n) is 0.141. The summed E-state index contributed by atoms with van der Waals surface area (Å²) in [6.07, 6.45) is 0. The first-order valence-electron chi connectivity index (χ1n) is 2.16. The number of hydrogen-bond donors (Lipinski definition) is 1. The number of carboxylic acid groups (broad SMARTS) is 1. The minimum atomic E-state index is -0.833. The van der Waals surface area contributed by atoms with Crippen LogP contribution in [0.5, 0.6) is 0 Å². The van der Waals surface area contributed by atoms with Crippen LogP contribution >= 0.6 is 0 Å². The summed E-state index contributed by atoms with van der Waals surface area (Å²) >= 11 is 0. The van der Waals surface area contributed by atoms with Gasteiger partial charge in [0.25, 0.3) is 5.97 Å². The third-order valence-electron chi connectivity index (χ3n) is 0.293. The van der Waals surface area contributed by atoms with Crippen molar-refractivity contribution in [2.45, 2.75) is 6.92 Å². The third kappa shape index (κ3) is 10.8. The van der Waals surface area contributed by atoms with E-state index in [1.54, 1.807) is 0 Å². The van der Waals surface area contributed by atoms with E-state index >= 15 is 0 Å². The molecule has 0 aromatic heterocycles. The summed E-state index contributed by atoms with van der Waals surface area (Å²) in [5, 5.41) is 20.5. The van der Waals surface area contributed by atoms with Crippen molar-refractivity contribution in [2.24, 2.45) is 20.7 Å². The second-order valence-electron chi connectivity index (χ2n) is 1.12. The molecule has 6 nitrogen and oxygen atoms in total. The van der Waals surface area contributed by atoms with E-state index in [1.807, 2.05) is 0 Å². The Morgan fingerprint density at radius 2 is 1.78 bits per heavy atom. The van der Waals surface area contributed by atoms with Crippen LogP contribution in [0, 0.1) is 0 Å². The number of rotatable bonds is 0. The van der Waals surface area contributed by atoms with Gasteiger partial charge in [-0.25, -0.2) is 0 Å². The number of hydrogen-bond acceptors (Lipinski definition) is 5. The van der Waals surface area contributed by atoms with Gasteiger partial charge in [0, 0.05) is 6.92 Å². The molecule has 1 rings (SSSR count). The van der Waals surface area contributed by atoms with Gasteiger partial charge in [-0.05, 0) is 10.4 Å². The molecule has 0 amide bonds. The normalized spacial score (nSPS) is 12.6. The Morgan fingerprint density at radius 1 is 1.44 bits per heavy atom. The van der Waals surface area contributed by atoms with Gasteiger partial charge in [0.2, 0.25) is 0 Å². The molecule has 1 heterocycles. The number of carboxylic acids is 1. The molecule has 50 valence electrons. The molecule has 1 aliphatic heterocycles. The first kappa shape index (κ1) is 7.67. The first-order chi connectivity index (χ1) is 4.23. The van der Waals surface area contributed by atoms with Gasteiger partial charge in [-0.15, -0.1) is 10.2 Å². The Balaban J connectivity index is 0.000000148. The van der Waals surface area contributed by atoms with Gasteiger partial charge in [-0.2, -0.15) is 0 Å². The zero-order chi connectivity index (χ0) is 7.11. The second kappa shape index (κ2) is 4.82. The van der Waals surface area contributed by atoms with E-state index in [2.05, 4.69) is 20.7 Å². The van der Waals surface area contributed by atoms with Crippen LogP contribution in [0.15, 0.2) is 20.7 Å². The fraction of sp³-hybridized carbons (Fsp3) is 0.667. The lowest BCUT2D eigenvalue weighted by Gasteiger charge is -1.59. The smallest absolute Gasteiger partial charge is 0.300 e. The Morgan fingerprint density at radius 3 is 1.89 bits per heavy atom. The van der Waals surface area contributed by atoms with Crippen molar-refractivity contribution in [3.8, 4) is 0 Å². The number of nitrogens with zero attached hydrogens (tertiary/aromatic N) is 4. The van der Waals surface area contributed by atoms with Crippen LogP contribution < -0.4 is 0 Å². The van der Waals surface area contributed by atoms with Crippen molar-refractivity contribution in [1.29, 1.82) is 0 Å². The van der Waals surface area contributed by atoms with Crippen LogP contribution in [0.4, 0.5) is 0 Å². The molecule has 0 saturated carbocycles. The second-order valence-corrected chi connectivity index (χ2v) is 1.12. The van der Waals surface area contributed by atoms with Crippen molar-refractivity contribution in [2.75, 3.05) is 6.67 Å². The monoisotopic (exact) mass is 130 g/mol. The molecule has 0 aromatic carbocycles. The maximum absolute atomic E-state index is 9.00. The average molecular weight is 130 g/mol. The largest absolute Gasteiger partial charge is 0.481 e. The molecule has 0 unspecified atom stereocenters. The molecule has 6 heteroatoms. The van der Waals surface area contributed by atoms with E-state index in [4.69, 9.17) is 9.90 Å². The van der Waals surface area contributed by atoms with Gasteiger partial charge in [0.15, 0.2) is 6.67 Å². The molecule has 0 spiro atoms. The summed E-state index contributed by atoms with van der Waals surface area (Å²) in [6, 6.07) is 0. The van der Waals surface area contributed by atoms with Crippen LogP contribution in [-0.4, -0.2) is 17.7 Å². The Kier molecular flexibility index (Phi) is 4.11. The zero-order valence-corrected chi connectivity index (χ0v) is 4.85.